The van der Waals surface area contributed by atoms with Gasteiger partial charge < -0.3 is 4.31 Å². The van der Waals surface area contributed by atoms with E-state index in [1.807, 2.05) is 31.9 Å². The Labute approximate surface area is 70.7 Å². The third-order valence-electron chi connectivity index (χ3n) is 1.77. The first-order valence-electron chi connectivity index (χ1n) is 3.58. The molecule has 0 unspecified atom stereocenters. The van der Waals surface area contributed by atoms with Crippen molar-refractivity contribution in [3.05, 3.63) is 12.0 Å². The summed E-state index contributed by atoms with van der Waals surface area (Å²) in [4.78, 5) is 11.2. The summed E-state index contributed by atoms with van der Waals surface area (Å²) >= 11 is 0. The zero-order valence-electron chi connectivity index (χ0n) is 7.76. The number of amides is 1. The van der Waals surface area contributed by atoms with Gasteiger partial charge in [0.2, 0.25) is 5.91 Å². The molecule has 0 saturated heterocycles. The molecule has 0 radical (unpaired) electrons. The smallest absolute Gasteiger partial charge is 0.230 e. The van der Waals surface area contributed by atoms with Crippen LogP contribution in [0.15, 0.2) is 12.0 Å². The molecular formula is C8H17NOS. The van der Waals surface area contributed by atoms with Crippen molar-refractivity contribution in [3.8, 4) is 0 Å². The van der Waals surface area contributed by atoms with Gasteiger partial charge in [0.15, 0.2) is 0 Å². The second-order valence-electron chi connectivity index (χ2n) is 2.76. The molecule has 0 aromatic heterocycles. The molecule has 0 rings (SSSR count). The molecule has 0 aromatic carbocycles. The predicted molar refractivity (Wildman–Crippen MR) is 52.7 cm³/mol. The molecule has 0 saturated carbocycles. The molecule has 0 heterocycles. The van der Waals surface area contributed by atoms with Crippen molar-refractivity contribution >= 4 is 16.1 Å². The number of hydrogen-bond acceptors (Lipinski definition) is 1. The Hall–Kier alpha value is -0.440. The van der Waals surface area contributed by atoms with E-state index >= 15 is 0 Å². The van der Waals surface area contributed by atoms with Crippen LogP contribution in [-0.4, -0.2) is 29.8 Å². The first-order valence-corrected chi connectivity index (χ1v) is 6.05. The quantitative estimate of drug-likeness (QED) is 0.642. The average Bonchev–Trinajstić information content (AvgIpc) is 2.01. The van der Waals surface area contributed by atoms with Crippen LogP contribution in [0.5, 0.6) is 0 Å². The lowest BCUT2D eigenvalue weighted by Crippen LogP contribution is -2.27. The van der Waals surface area contributed by atoms with Crippen LogP contribution in [0.2, 0.25) is 0 Å². The monoisotopic (exact) mass is 175 g/mol. The van der Waals surface area contributed by atoms with Gasteiger partial charge in [-0.1, -0.05) is 13.5 Å². The molecule has 66 valence electrons. The molecule has 0 bridgehead atoms. The highest BCUT2D eigenvalue weighted by Gasteiger charge is 2.17. The second kappa shape index (κ2) is 3.81. The maximum atomic E-state index is 11.2. The zero-order valence-corrected chi connectivity index (χ0v) is 8.57. The average molecular weight is 175 g/mol. The lowest BCUT2D eigenvalue weighted by molar-refractivity contribution is -0.125. The van der Waals surface area contributed by atoms with E-state index in [0.29, 0.717) is 6.42 Å². The molecule has 0 fully saturated rings. The Morgan fingerprint density at radius 1 is 1.64 bits per heavy atom. The third-order valence-corrected chi connectivity index (χ3v) is 4.20. The van der Waals surface area contributed by atoms with E-state index in [1.165, 1.54) is 0 Å². The molecule has 0 N–H and O–H groups in total. The summed E-state index contributed by atoms with van der Waals surface area (Å²) in [5, 5.41) is 1.86. The summed E-state index contributed by atoms with van der Waals surface area (Å²) in [5.74, 6) is 0.185. The van der Waals surface area contributed by atoms with Crippen molar-refractivity contribution in [2.75, 3.05) is 19.6 Å². The Morgan fingerprint density at radius 2 is 2.09 bits per heavy atom. The van der Waals surface area contributed by atoms with Crippen molar-refractivity contribution in [1.29, 1.82) is 0 Å². The summed E-state index contributed by atoms with van der Waals surface area (Å²) < 4.78 is 1.79. The normalized spacial score (nSPS) is 12.4. The van der Waals surface area contributed by atoms with Gasteiger partial charge in [0, 0.05) is 13.5 Å². The maximum Gasteiger partial charge on any atom is 0.230 e. The standard InChI is InChI=1S/C8H17NOS/c1-6-8(10)9(3)11(4,5)7-2/h7H,2,6H2,1,3-5H3. The van der Waals surface area contributed by atoms with Crippen LogP contribution in [0.1, 0.15) is 13.3 Å². The SMILES string of the molecule is C=CS(C)(C)N(C)C(=O)CC. The summed E-state index contributed by atoms with van der Waals surface area (Å²) in [6.07, 6.45) is 4.67. The lowest BCUT2D eigenvalue weighted by atomic mass is 10.5. The van der Waals surface area contributed by atoms with Crippen molar-refractivity contribution < 1.29 is 4.79 Å². The number of rotatable bonds is 3. The van der Waals surface area contributed by atoms with Crippen LogP contribution in [0.3, 0.4) is 0 Å². The number of carbonyl (C=O) groups is 1. The number of carbonyl (C=O) groups excluding carboxylic acids is 1. The van der Waals surface area contributed by atoms with Crippen molar-refractivity contribution in [2.24, 2.45) is 0 Å². The van der Waals surface area contributed by atoms with Gasteiger partial charge in [-0.05, 0) is 17.9 Å². The minimum Gasteiger partial charge on any atom is -0.305 e. The van der Waals surface area contributed by atoms with E-state index in [9.17, 15) is 4.79 Å². The largest absolute Gasteiger partial charge is 0.305 e. The highest BCUT2D eigenvalue weighted by Crippen LogP contribution is 2.43. The van der Waals surface area contributed by atoms with Crippen LogP contribution in [0, 0.1) is 0 Å². The van der Waals surface area contributed by atoms with E-state index in [0.717, 1.165) is 0 Å². The van der Waals surface area contributed by atoms with Gasteiger partial charge in [-0.25, -0.2) is 0 Å². The minimum absolute atomic E-state index is 0.185. The predicted octanol–water partition coefficient (Wildman–Crippen LogP) is 1.98. The van der Waals surface area contributed by atoms with Gasteiger partial charge in [-0.2, -0.15) is 10.2 Å². The Bertz CT molecular complexity index is 165. The first kappa shape index (κ1) is 10.6. The summed E-state index contributed by atoms with van der Waals surface area (Å²) in [5.41, 5.74) is 0. The molecular weight excluding hydrogens is 158 g/mol. The van der Waals surface area contributed by atoms with Gasteiger partial charge in [-0.3, -0.25) is 4.79 Å². The van der Waals surface area contributed by atoms with Gasteiger partial charge >= 0.3 is 0 Å². The summed E-state index contributed by atoms with van der Waals surface area (Å²) in [6, 6.07) is 0. The maximum absolute atomic E-state index is 11.2. The van der Waals surface area contributed by atoms with Crippen molar-refractivity contribution in [3.63, 3.8) is 0 Å². The second-order valence-corrected chi connectivity index (χ2v) is 6.34. The molecule has 3 heteroatoms. The molecule has 0 spiro atoms. The Kier molecular flexibility index (Phi) is 3.66. The van der Waals surface area contributed by atoms with Gasteiger partial charge in [-0.15, -0.1) is 0 Å². The molecule has 0 aliphatic rings. The van der Waals surface area contributed by atoms with Gasteiger partial charge in [0.05, 0.1) is 0 Å². The van der Waals surface area contributed by atoms with E-state index in [2.05, 4.69) is 6.58 Å². The minimum atomic E-state index is -1.06. The lowest BCUT2D eigenvalue weighted by Gasteiger charge is -2.37. The van der Waals surface area contributed by atoms with Crippen LogP contribution in [0.25, 0.3) is 0 Å². The fraction of sp³-hybridized carbons (Fsp3) is 0.625. The molecule has 1 amide bonds. The van der Waals surface area contributed by atoms with Crippen LogP contribution >= 0.6 is 10.2 Å². The number of nitrogens with zero attached hydrogens (tertiary/aromatic N) is 1. The molecule has 0 aromatic rings. The number of hydrogen-bond donors (Lipinski definition) is 0. The molecule has 0 aliphatic carbocycles. The highest BCUT2D eigenvalue weighted by molar-refractivity contribution is 8.33. The molecule has 2 nitrogen and oxygen atoms in total. The van der Waals surface area contributed by atoms with Crippen molar-refractivity contribution in [1.82, 2.24) is 4.31 Å². The fourth-order valence-corrected chi connectivity index (χ4v) is 1.47. The zero-order chi connectivity index (χ0) is 9.07. The van der Waals surface area contributed by atoms with Crippen LogP contribution in [-0.2, 0) is 4.79 Å². The summed E-state index contributed by atoms with van der Waals surface area (Å²) in [7, 11) is 0.774. The fourth-order valence-electron chi connectivity index (χ4n) is 0.597. The van der Waals surface area contributed by atoms with Gasteiger partial charge in [0.1, 0.15) is 0 Å². The third kappa shape index (κ3) is 2.58. The highest BCUT2D eigenvalue weighted by atomic mass is 32.3. The van der Waals surface area contributed by atoms with Crippen LogP contribution in [0.4, 0.5) is 0 Å². The van der Waals surface area contributed by atoms with Crippen LogP contribution < -0.4 is 0 Å². The molecule has 0 aliphatic heterocycles. The van der Waals surface area contributed by atoms with Gasteiger partial charge in [0.25, 0.3) is 0 Å². The van der Waals surface area contributed by atoms with E-state index < -0.39 is 10.2 Å². The topological polar surface area (TPSA) is 20.3 Å². The molecule has 0 atom stereocenters. The summed E-state index contributed by atoms with van der Waals surface area (Å²) in [6.45, 7) is 5.59. The Morgan fingerprint density at radius 3 is 2.36 bits per heavy atom. The van der Waals surface area contributed by atoms with E-state index in [-0.39, 0.29) is 5.91 Å². The van der Waals surface area contributed by atoms with E-state index in [1.54, 1.807) is 4.31 Å². The molecule has 11 heavy (non-hydrogen) atoms. The Balaban J connectivity index is 4.34. The van der Waals surface area contributed by atoms with Crippen molar-refractivity contribution in [2.45, 2.75) is 13.3 Å². The van der Waals surface area contributed by atoms with E-state index in [4.69, 9.17) is 0 Å². The first-order chi connectivity index (χ1) is 4.95.